The predicted molar refractivity (Wildman–Crippen MR) is 65.3 cm³/mol. The molecule has 0 fully saturated rings. The fourth-order valence-electron chi connectivity index (χ4n) is 1.60. The Kier molecular flexibility index (Phi) is 3.45. The number of hydrogen-bond donors (Lipinski definition) is 1. The van der Waals surface area contributed by atoms with Gasteiger partial charge in [0.05, 0.1) is 16.8 Å². The zero-order valence-corrected chi connectivity index (χ0v) is 10.2. The standard InChI is InChI=1S/C12H13ClFN3/c1-2-17-6-5-11(16-17)12(15)8-3-4-9(13)10(14)7-8/h3-7,12H,2,15H2,1H3. The van der Waals surface area contributed by atoms with Crippen LogP contribution in [0, 0.1) is 5.82 Å². The molecular formula is C12H13ClFN3. The van der Waals surface area contributed by atoms with Gasteiger partial charge in [0.2, 0.25) is 0 Å². The van der Waals surface area contributed by atoms with Gasteiger partial charge in [0, 0.05) is 12.7 Å². The van der Waals surface area contributed by atoms with E-state index in [0.29, 0.717) is 11.3 Å². The highest BCUT2D eigenvalue weighted by molar-refractivity contribution is 6.30. The van der Waals surface area contributed by atoms with E-state index in [9.17, 15) is 4.39 Å². The largest absolute Gasteiger partial charge is 0.319 e. The van der Waals surface area contributed by atoms with Crippen molar-refractivity contribution >= 4 is 11.6 Å². The smallest absolute Gasteiger partial charge is 0.142 e. The SMILES string of the molecule is CCn1ccc(C(N)c2ccc(Cl)c(F)c2)n1. The third kappa shape index (κ3) is 2.48. The number of nitrogens with zero attached hydrogens (tertiary/aromatic N) is 2. The van der Waals surface area contributed by atoms with Gasteiger partial charge >= 0.3 is 0 Å². The van der Waals surface area contributed by atoms with Gasteiger partial charge in [-0.05, 0) is 30.7 Å². The van der Waals surface area contributed by atoms with Crippen molar-refractivity contribution in [1.82, 2.24) is 9.78 Å². The Balaban J connectivity index is 2.29. The van der Waals surface area contributed by atoms with Crippen LogP contribution in [0.2, 0.25) is 5.02 Å². The van der Waals surface area contributed by atoms with E-state index in [0.717, 1.165) is 6.54 Å². The van der Waals surface area contributed by atoms with Crippen LogP contribution in [-0.4, -0.2) is 9.78 Å². The Morgan fingerprint density at radius 2 is 2.24 bits per heavy atom. The third-order valence-electron chi connectivity index (χ3n) is 2.61. The molecule has 0 amide bonds. The summed E-state index contributed by atoms with van der Waals surface area (Å²) in [6, 6.07) is 5.96. The van der Waals surface area contributed by atoms with Crippen LogP contribution in [0.25, 0.3) is 0 Å². The molecule has 2 N–H and O–H groups in total. The first-order valence-electron chi connectivity index (χ1n) is 5.35. The lowest BCUT2D eigenvalue weighted by atomic mass is 10.1. The van der Waals surface area contributed by atoms with Crippen molar-refractivity contribution in [2.24, 2.45) is 5.73 Å². The molecule has 1 aromatic carbocycles. The minimum atomic E-state index is -0.463. The van der Waals surface area contributed by atoms with Crippen molar-refractivity contribution < 1.29 is 4.39 Å². The van der Waals surface area contributed by atoms with Gasteiger partial charge in [-0.25, -0.2) is 4.39 Å². The second-order valence-corrected chi connectivity index (χ2v) is 4.15. The molecule has 1 unspecified atom stereocenters. The van der Waals surface area contributed by atoms with Crippen molar-refractivity contribution in [1.29, 1.82) is 0 Å². The Bertz CT molecular complexity index is 524. The highest BCUT2D eigenvalue weighted by Crippen LogP contribution is 2.22. The lowest BCUT2D eigenvalue weighted by Gasteiger charge is -2.09. The number of hydrogen-bond acceptors (Lipinski definition) is 2. The molecule has 5 heteroatoms. The molecule has 0 saturated heterocycles. The fourth-order valence-corrected chi connectivity index (χ4v) is 1.71. The molecule has 1 atom stereocenters. The summed E-state index contributed by atoms with van der Waals surface area (Å²) in [6.07, 6.45) is 1.85. The van der Waals surface area contributed by atoms with Gasteiger partial charge in [0.25, 0.3) is 0 Å². The minimum absolute atomic E-state index is 0.0973. The quantitative estimate of drug-likeness (QED) is 0.914. The molecule has 3 nitrogen and oxygen atoms in total. The Morgan fingerprint density at radius 1 is 1.47 bits per heavy atom. The van der Waals surface area contributed by atoms with E-state index >= 15 is 0 Å². The number of aromatic nitrogens is 2. The molecule has 1 heterocycles. The van der Waals surface area contributed by atoms with Crippen LogP contribution < -0.4 is 5.73 Å². The molecule has 0 bridgehead atoms. The van der Waals surface area contributed by atoms with Crippen LogP contribution in [0.4, 0.5) is 4.39 Å². The summed E-state index contributed by atoms with van der Waals surface area (Å²) in [4.78, 5) is 0. The van der Waals surface area contributed by atoms with Crippen molar-refractivity contribution in [3.8, 4) is 0 Å². The number of aryl methyl sites for hydroxylation is 1. The van der Waals surface area contributed by atoms with E-state index in [2.05, 4.69) is 5.10 Å². The van der Waals surface area contributed by atoms with Gasteiger partial charge in [-0.3, -0.25) is 4.68 Å². The fraction of sp³-hybridized carbons (Fsp3) is 0.250. The van der Waals surface area contributed by atoms with Crippen molar-refractivity contribution in [3.05, 3.63) is 52.6 Å². The molecule has 0 spiro atoms. The average molecular weight is 254 g/mol. The number of benzene rings is 1. The summed E-state index contributed by atoms with van der Waals surface area (Å²) >= 11 is 5.62. The molecule has 0 aliphatic rings. The number of nitrogens with two attached hydrogens (primary N) is 1. The van der Waals surface area contributed by atoms with E-state index < -0.39 is 11.9 Å². The normalized spacial score (nSPS) is 12.7. The summed E-state index contributed by atoms with van der Waals surface area (Å²) in [6.45, 7) is 2.77. The first kappa shape index (κ1) is 12.1. The van der Waals surface area contributed by atoms with E-state index in [4.69, 9.17) is 17.3 Å². The van der Waals surface area contributed by atoms with Crippen LogP contribution in [-0.2, 0) is 6.54 Å². The molecule has 2 aromatic rings. The maximum absolute atomic E-state index is 13.3. The summed E-state index contributed by atoms with van der Waals surface area (Å²) in [5, 5.41) is 4.39. The third-order valence-corrected chi connectivity index (χ3v) is 2.91. The van der Waals surface area contributed by atoms with Crippen molar-refractivity contribution in [3.63, 3.8) is 0 Å². The highest BCUT2D eigenvalue weighted by Gasteiger charge is 2.13. The minimum Gasteiger partial charge on any atom is -0.319 e. The molecule has 2 rings (SSSR count). The molecule has 0 aliphatic heterocycles. The second kappa shape index (κ2) is 4.85. The van der Waals surface area contributed by atoms with Crippen molar-refractivity contribution in [2.45, 2.75) is 19.5 Å². The van der Waals surface area contributed by atoms with Crippen LogP contribution in [0.3, 0.4) is 0 Å². The van der Waals surface area contributed by atoms with Crippen LogP contribution >= 0.6 is 11.6 Å². The van der Waals surface area contributed by atoms with E-state index in [1.54, 1.807) is 10.7 Å². The lowest BCUT2D eigenvalue weighted by molar-refractivity contribution is 0.619. The summed E-state index contributed by atoms with van der Waals surface area (Å²) in [7, 11) is 0. The molecule has 0 radical (unpaired) electrons. The molecule has 0 saturated carbocycles. The highest BCUT2D eigenvalue weighted by atomic mass is 35.5. The van der Waals surface area contributed by atoms with Gasteiger partial charge in [-0.2, -0.15) is 5.10 Å². The van der Waals surface area contributed by atoms with E-state index in [-0.39, 0.29) is 5.02 Å². The zero-order chi connectivity index (χ0) is 12.4. The average Bonchev–Trinajstić information content (AvgIpc) is 2.80. The first-order chi connectivity index (χ1) is 8.11. The van der Waals surface area contributed by atoms with Gasteiger partial charge in [0.15, 0.2) is 0 Å². The molecule has 0 aliphatic carbocycles. The van der Waals surface area contributed by atoms with Crippen LogP contribution in [0.5, 0.6) is 0 Å². The molecule has 90 valence electrons. The second-order valence-electron chi connectivity index (χ2n) is 3.75. The van der Waals surface area contributed by atoms with E-state index in [1.165, 1.54) is 12.1 Å². The maximum Gasteiger partial charge on any atom is 0.142 e. The topological polar surface area (TPSA) is 43.8 Å². The maximum atomic E-state index is 13.3. The van der Waals surface area contributed by atoms with Crippen molar-refractivity contribution in [2.75, 3.05) is 0 Å². The van der Waals surface area contributed by atoms with Gasteiger partial charge in [0.1, 0.15) is 5.82 Å². The predicted octanol–water partition coefficient (Wildman–Crippen LogP) is 2.74. The first-order valence-corrected chi connectivity index (χ1v) is 5.73. The number of halogens is 2. The van der Waals surface area contributed by atoms with Gasteiger partial charge in [-0.15, -0.1) is 0 Å². The Hall–Kier alpha value is -1.39. The monoisotopic (exact) mass is 253 g/mol. The Labute approximate surface area is 104 Å². The van der Waals surface area contributed by atoms with Gasteiger partial charge in [-0.1, -0.05) is 17.7 Å². The van der Waals surface area contributed by atoms with Crippen LogP contribution in [0.15, 0.2) is 30.5 Å². The van der Waals surface area contributed by atoms with E-state index in [1.807, 2.05) is 19.2 Å². The zero-order valence-electron chi connectivity index (χ0n) is 9.40. The summed E-state index contributed by atoms with van der Waals surface area (Å²) < 4.78 is 15.1. The lowest BCUT2D eigenvalue weighted by Crippen LogP contribution is -2.13. The number of rotatable bonds is 3. The summed E-state index contributed by atoms with van der Waals surface area (Å²) in [5.74, 6) is -0.463. The molecular weight excluding hydrogens is 241 g/mol. The Morgan fingerprint density at radius 3 is 2.82 bits per heavy atom. The van der Waals surface area contributed by atoms with Gasteiger partial charge < -0.3 is 5.73 Å². The molecule has 17 heavy (non-hydrogen) atoms. The summed E-state index contributed by atoms with van der Waals surface area (Å²) in [5.41, 5.74) is 7.39. The molecule has 1 aromatic heterocycles. The van der Waals surface area contributed by atoms with Crippen LogP contribution in [0.1, 0.15) is 24.2 Å².